The number of methoxy groups -OCH3 is 1. The van der Waals surface area contributed by atoms with Crippen molar-refractivity contribution in [2.24, 2.45) is 7.05 Å². The number of hydrogen-bond acceptors (Lipinski definition) is 8. The van der Waals surface area contributed by atoms with Crippen molar-refractivity contribution in [1.82, 2.24) is 19.7 Å². The number of pyridine rings is 1. The summed E-state index contributed by atoms with van der Waals surface area (Å²) in [5.41, 5.74) is 1.80. The lowest BCUT2D eigenvalue weighted by Crippen LogP contribution is -2.46. The van der Waals surface area contributed by atoms with Crippen molar-refractivity contribution in [2.75, 3.05) is 43.5 Å². The molecule has 13 heteroatoms. The molecule has 1 aliphatic rings. The van der Waals surface area contributed by atoms with E-state index in [1.165, 1.54) is 36.3 Å². The van der Waals surface area contributed by atoms with Crippen LogP contribution in [0.5, 0.6) is 11.6 Å². The van der Waals surface area contributed by atoms with Gasteiger partial charge in [-0.3, -0.25) is 14.4 Å². The Morgan fingerprint density at radius 3 is 2.51 bits per heavy atom. The number of piperazine rings is 1. The monoisotopic (exact) mass is 515 g/mol. The number of carbonyl (C=O) groups is 1. The van der Waals surface area contributed by atoms with Crippen molar-refractivity contribution in [3.8, 4) is 17.7 Å². The number of ether oxygens (including phenoxy) is 2. The van der Waals surface area contributed by atoms with Gasteiger partial charge in [-0.2, -0.15) is 5.26 Å². The Bertz CT molecular complexity index is 1290. The predicted octanol–water partition coefficient (Wildman–Crippen LogP) is 3.17. The summed E-state index contributed by atoms with van der Waals surface area (Å²) >= 11 is 0. The molecule has 37 heavy (non-hydrogen) atoms. The second-order valence-electron chi connectivity index (χ2n) is 8.34. The van der Waals surface area contributed by atoms with E-state index >= 15 is 0 Å². The molecule has 2 aromatic heterocycles. The van der Waals surface area contributed by atoms with E-state index in [0.717, 1.165) is 5.56 Å². The lowest BCUT2D eigenvalue weighted by Gasteiger charge is -2.36. The third-order valence-corrected chi connectivity index (χ3v) is 5.71. The molecule has 3 heterocycles. The van der Waals surface area contributed by atoms with Gasteiger partial charge in [-0.25, -0.2) is 4.98 Å². The van der Waals surface area contributed by atoms with Crippen LogP contribution in [0.25, 0.3) is 0 Å². The smallest absolute Gasteiger partial charge is 0.479 e. The number of nitrogens with one attached hydrogen (secondary N) is 1. The fourth-order valence-corrected chi connectivity index (χ4v) is 4.00. The number of aromatic nitrogens is 3. The van der Waals surface area contributed by atoms with Gasteiger partial charge < -0.3 is 19.7 Å². The van der Waals surface area contributed by atoms with Gasteiger partial charge in [-0.05, 0) is 23.8 Å². The average Bonchev–Trinajstić information content (AvgIpc) is 3.26. The van der Waals surface area contributed by atoms with Crippen LogP contribution < -0.4 is 19.7 Å². The number of halogens is 3. The van der Waals surface area contributed by atoms with E-state index in [1.807, 2.05) is 11.0 Å². The van der Waals surface area contributed by atoms with Crippen LogP contribution in [0.15, 0.2) is 42.7 Å². The number of alkyl halides is 3. The molecule has 4 rings (SSSR count). The molecule has 1 aromatic carbocycles. The SMILES string of the molecule is COc1nn(C)cc1C(=O)Nc1cc(C#N)cnc1N1CCN(Cc2ccc(OC(F)(F)F)cc2)CC1. The van der Waals surface area contributed by atoms with Crippen LogP contribution in [0.1, 0.15) is 21.5 Å². The predicted molar refractivity (Wildman–Crippen MR) is 127 cm³/mol. The van der Waals surface area contributed by atoms with Crippen molar-refractivity contribution in [3.05, 3.63) is 59.4 Å². The first-order chi connectivity index (χ1) is 17.6. The zero-order valence-electron chi connectivity index (χ0n) is 20.1. The number of benzene rings is 1. The van der Waals surface area contributed by atoms with Crippen LogP contribution in [0.2, 0.25) is 0 Å². The van der Waals surface area contributed by atoms with E-state index in [4.69, 9.17) is 4.74 Å². The number of anilines is 2. The van der Waals surface area contributed by atoms with Gasteiger partial charge in [0.05, 0.1) is 18.4 Å². The van der Waals surface area contributed by atoms with Crippen molar-refractivity contribution in [1.29, 1.82) is 5.26 Å². The van der Waals surface area contributed by atoms with E-state index in [2.05, 4.69) is 25.0 Å². The second kappa shape index (κ2) is 10.8. The topological polar surface area (TPSA) is 109 Å². The first-order valence-electron chi connectivity index (χ1n) is 11.3. The summed E-state index contributed by atoms with van der Waals surface area (Å²) in [6.07, 6.45) is -1.73. The third kappa shape index (κ3) is 6.47. The number of aryl methyl sites for hydroxylation is 1. The normalized spacial score (nSPS) is 14.2. The number of amides is 1. The molecular formula is C24H24F3N7O3. The summed E-state index contributed by atoms with van der Waals surface area (Å²) in [6.45, 7) is 3.06. The highest BCUT2D eigenvalue weighted by Gasteiger charge is 2.31. The molecule has 1 N–H and O–H groups in total. The Morgan fingerprint density at radius 1 is 1.19 bits per heavy atom. The third-order valence-electron chi connectivity index (χ3n) is 5.71. The maximum absolute atomic E-state index is 12.9. The molecule has 1 saturated heterocycles. The molecule has 0 bridgehead atoms. The standard InChI is InChI=1S/C24H24F3N7O3/c1-32-15-19(23(31-32)36-2)22(35)30-20-11-17(12-28)13-29-21(20)34-9-7-33(8-10-34)14-16-3-5-18(6-4-16)37-24(25,26)27/h3-6,11,13,15H,7-10,14H2,1-2H3,(H,30,35). The minimum atomic E-state index is -4.72. The zero-order chi connectivity index (χ0) is 26.6. The van der Waals surface area contributed by atoms with Crippen LogP contribution in [-0.2, 0) is 13.6 Å². The second-order valence-corrected chi connectivity index (χ2v) is 8.34. The van der Waals surface area contributed by atoms with Gasteiger partial charge in [0.1, 0.15) is 17.4 Å². The van der Waals surface area contributed by atoms with Gasteiger partial charge >= 0.3 is 6.36 Å². The molecule has 0 unspecified atom stereocenters. The Hall–Kier alpha value is -4.31. The average molecular weight is 515 g/mol. The van der Waals surface area contributed by atoms with Gasteiger partial charge in [0.2, 0.25) is 5.88 Å². The van der Waals surface area contributed by atoms with Crippen molar-refractivity contribution < 1.29 is 27.4 Å². The number of carbonyl (C=O) groups excluding carboxylic acids is 1. The molecule has 1 aliphatic heterocycles. The molecule has 3 aromatic rings. The van der Waals surface area contributed by atoms with Crippen LogP contribution >= 0.6 is 0 Å². The van der Waals surface area contributed by atoms with Crippen LogP contribution in [0.4, 0.5) is 24.7 Å². The van der Waals surface area contributed by atoms with Crippen molar-refractivity contribution >= 4 is 17.4 Å². The molecule has 0 saturated carbocycles. The van der Waals surface area contributed by atoms with Gasteiger partial charge in [-0.15, -0.1) is 18.3 Å². The number of hydrogen-bond donors (Lipinski definition) is 1. The van der Waals surface area contributed by atoms with Gasteiger partial charge in [0.25, 0.3) is 5.91 Å². The highest BCUT2D eigenvalue weighted by atomic mass is 19.4. The lowest BCUT2D eigenvalue weighted by atomic mass is 10.2. The lowest BCUT2D eigenvalue weighted by molar-refractivity contribution is -0.274. The fraction of sp³-hybridized carbons (Fsp3) is 0.333. The van der Waals surface area contributed by atoms with Crippen LogP contribution in [0, 0.1) is 11.3 Å². The molecular weight excluding hydrogens is 491 g/mol. The van der Waals surface area contributed by atoms with E-state index < -0.39 is 12.3 Å². The summed E-state index contributed by atoms with van der Waals surface area (Å²) in [5, 5.41) is 16.2. The van der Waals surface area contributed by atoms with Gasteiger partial charge in [0.15, 0.2) is 5.82 Å². The Labute approximate surface area is 210 Å². The van der Waals surface area contributed by atoms with Crippen molar-refractivity contribution in [2.45, 2.75) is 12.9 Å². The minimum absolute atomic E-state index is 0.178. The summed E-state index contributed by atoms with van der Waals surface area (Å²) in [6, 6.07) is 9.41. The minimum Gasteiger partial charge on any atom is -0.479 e. The summed E-state index contributed by atoms with van der Waals surface area (Å²) in [4.78, 5) is 21.5. The molecule has 0 spiro atoms. The molecule has 194 valence electrons. The molecule has 1 fully saturated rings. The summed E-state index contributed by atoms with van der Waals surface area (Å²) in [7, 11) is 3.10. The maximum atomic E-state index is 12.9. The molecule has 1 amide bonds. The fourth-order valence-electron chi connectivity index (χ4n) is 4.00. The highest BCUT2D eigenvalue weighted by Crippen LogP contribution is 2.28. The highest BCUT2D eigenvalue weighted by molar-refractivity contribution is 6.07. The van der Waals surface area contributed by atoms with Crippen LogP contribution in [0.3, 0.4) is 0 Å². The molecule has 0 aliphatic carbocycles. The first-order valence-corrected chi connectivity index (χ1v) is 11.3. The summed E-state index contributed by atoms with van der Waals surface area (Å²) < 4.78 is 47.7. The van der Waals surface area contributed by atoms with Gasteiger partial charge in [0, 0.05) is 52.2 Å². The molecule has 0 atom stereocenters. The van der Waals surface area contributed by atoms with Gasteiger partial charge in [-0.1, -0.05) is 12.1 Å². The Kier molecular flexibility index (Phi) is 7.49. The zero-order valence-corrected chi connectivity index (χ0v) is 20.1. The largest absolute Gasteiger partial charge is 0.573 e. The molecule has 10 nitrogen and oxygen atoms in total. The molecule has 0 radical (unpaired) electrons. The van der Waals surface area contributed by atoms with E-state index in [1.54, 1.807) is 25.2 Å². The van der Waals surface area contributed by atoms with E-state index in [0.29, 0.717) is 49.8 Å². The number of nitriles is 1. The number of rotatable bonds is 7. The summed E-state index contributed by atoms with van der Waals surface area (Å²) in [5.74, 6) is 0.00666. The Balaban J connectivity index is 1.42. The quantitative estimate of drug-likeness (QED) is 0.511. The number of nitrogens with zero attached hydrogens (tertiary/aromatic N) is 6. The van der Waals surface area contributed by atoms with E-state index in [-0.39, 0.29) is 17.2 Å². The maximum Gasteiger partial charge on any atom is 0.573 e. The van der Waals surface area contributed by atoms with Crippen molar-refractivity contribution in [3.63, 3.8) is 0 Å². The van der Waals surface area contributed by atoms with Crippen LogP contribution in [-0.4, -0.2) is 65.2 Å². The first kappa shape index (κ1) is 25.8. The van der Waals surface area contributed by atoms with E-state index in [9.17, 15) is 23.2 Å². The Morgan fingerprint density at radius 2 is 1.89 bits per heavy atom.